The first-order valence-electron chi connectivity index (χ1n) is 19.8. The molecule has 4 atom stereocenters. The van der Waals surface area contributed by atoms with Gasteiger partial charge in [-0.2, -0.15) is 0 Å². The number of aliphatic hydroxyl groups excluding tert-OH is 3. The fourth-order valence-electron chi connectivity index (χ4n) is 7.85. The SMILES string of the molecule is COc1c(O)ccc2c1-c1ccc3ccc(O)cc3c1CSSC[C@@H](O)CC[C@H](O[C@H](NC1CCCCC1)c1ccc(NC[C@H](C)O)c(CO)c1)CC(=O)CC2. The first kappa shape index (κ1) is 42.1. The zero-order valence-corrected chi connectivity index (χ0v) is 34.0. The molecule has 56 heavy (non-hydrogen) atoms. The lowest BCUT2D eigenvalue weighted by atomic mass is 9.89. The topological polar surface area (TPSA) is 161 Å². The second-order valence-corrected chi connectivity index (χ2v) is 17.6. The monoisotopic (exact) mass is 804 g/mol. The van der Waals surface area contributed by atoms with E-state index in [1.165, 1.54) is 13.5 Å². The number of fused-ring (bicyclic) bond motifs is 5. The number of carbonyl (C=O) groups excluding carboxylic acids is 1. The van der Waals surface area contributed by atoms with Crippen molar-refractivity contribution in [1.82, 2.24) is 5.32 Å². The summed E-state index contributed by atoms with van der Waals surface area (Å²) in [6.07, 6.45) is 5.04. The Morgan fingerprint density at radius 3 is 2.50 bits per heavy atom. The fourth-order valence-corrected chi connectivity index (χ4v) is 10.1. The second kappa shape index (κ2) is 20.3. The van der Waals surface area contributed by atoms with E-state index in [-0.39, 0.29) is 42.8 Å². The molecule has 1 fully saturated rings. The molecule has 0 amide bonds. The van der Waals surface area contributed by atoms with Crippen LogP contribution < -0.4 is 15.4 Å². The van der Waals surface area contributed by atoms with Crippen LogP contribution >= 0.6 is 21.6 Å². The minimum Gasteiger partial charge on any atom is -0.508 e. The molecule has 1 aliphatic carbocycles. The molecule has 1 aliphatic heterocycles. The zero-order valence-electron chi connectivity index (χ0n) is 32.3. The van der Waals surface area contributed by atoms with E-state index in [4.69, 9.17) is 9.47 Å². The molecule has 1 saturated carbocycles. The maximum Gasteiger partial charge on any atom is 0.168 e. The normalized spacial score (nSPS) is 20.2. The predicted octanol–water partition coefficient (Wildman–Crippen LogP) is 8.15. The van der Waals surface area contributed by atoms with Crippen LogP contribution in [0, 0.1) is 0 Å². The molecule has 1 heterocycles. The highest BCUT2D eigenvalue weighted by molar-refractivity contribution is 8.76. The van der Waals surface area contributed by atoms with Crippen molar-refractivity contribution in [3.8, 4) is 28.4 Å². The summed E-state index contributed by atoms with van der Waals surface area (Å²) in [5.41, 5.74) is 5.67. The van der Waals surface area contributed by atoms with Crippen molar-refractivity contribution in [3.05, 3.63) is 82.9 Å². The number of methoxy groups -OCH3 is 1. The highest BCUT2D eigenvalue weighted by atomic mass is 33.1. The standard InChI is InChI=1S/C44H56N2O8S2/c1-27(48)23-45-40-18-11-30(20-31(40)24-47)44(46-32-6-4-3-5-7-32)54-36-16-15-35(51)25-55-56-26-39-37(17-10-28-8-13-34(50)22-38(28)39)42-29(9-14-33(49)21-36)12-19-41(52)43(42)53-2/h8,10-13,17-20,22,27,32,35-36,44-48,50-52H,3-7,9,14-16,21,23-26H2,1-2H3/t27-,35-,36-,44-/m0/s1. The molecule has 0 bridgehead atoms. The third kappa shape index (κ3) is 10.9. The van der Waals surface area contributed by atoms with E-state index in [9.17, 15) is 30.3 Å². The Morgan fingerprint density at radius 1 is 0.929 bits per heavy atom. The van der Waals surface area contributed by atoms with Crippen LogP contribution in [0.25, 0.3) is 21.9 Å². The van der Waals surface area contributed by atoms with Gasteiger partial charge < -0.3 is 40.3 Å². The summed E-state index contributed by atoms with van der Waals surface area (Å²) in [4.78, 5) is 14.0. The molecule has 0 aromatic heterocycles. The van der Waals surface area contributed by atoms with Gasteiger partial charge in [-0.25, -0.2) is 0 Å². The summed E-state index contributed by atoms with van der Waals surface area (Å²) < 4.78 is 12.7. The van der Waals surface area contributed by atoms with Crippen molar-refractivity contribution in [2.75, 3.05) is 24.7 Å². The minimum absolute atomic E-state index is 0.000169. The van der Waals surface area contributed by atoms with Crippen LogP contribution in [0.5, 0.6) is 17.2 Å². The van der Waals surface area contributed by atoms with Gasteiger partial charge in [-0.1, -0.05) is 71.2 Å². The number of anilines is 1. The lowest BCUT2D eigenvalue weighted by molar-refractivity contribution is -0.124. The lowest BCUT2D eigenvalue weighted by Crippen LogP contribution is -2.38. The van der Waals surface area contributed by atoms with Gasteiger partial charge in [0.15, 0.2) is 11.5 Å². The molecule has 302 valence electrons. The maximum atomic E-state index is 14.0. The molecular formula is C44H56N2O8S2. The molecule has 0 spiro atoms. The van der Waals surface area contributed by atoms with E-state index in [0.29, 0.717) is 54.2 Å². The number of aromatic hydroxyl groups is 2. The maximum absolute atomic E-state index is 14.0. The Labute approximate surface area is 337 Å². The molecular weight excluding hydrogens is 749 g/mol. The quantitative estimate of drug-likeness (QED) is 0.0610. The molecule has 6 rings (SSSR count). The second-order valence-electron chi connectivity index (χ2n) is 15.1. The highest BCUT2D eigenvalue weighted by Crippen LogP contribution is 2.46. The number of hydrogen-bond acceptors (Lipinski definition) is 12. The van der Waals surface area contributed by atoms with Crippen LogP contribution in [0.1, 0.15) is 93.2 Å². The molecule has 2 aliphatic rings. The Hall–Kier alpha value is -3.49. The van der Waals surface area contributed by atoms with Gasteiger partial charge in [0.05, 0.1) is 32.0 Å². The van der Waals surface area contributed by atoms with Crippen molar-refractivity contribution >= 4 is 43.8 Å². The van der Waals surface area contributed by atoms with Crippen LogP contribution in [0.2, 0.25) is 0 Å². The molecule has 4 aromatic carbocycles. The number of ether oxygens (including phenoxy) is 2. The van der Waals surface area contributed by atoms with E-state index < -0.39 is 24.5 Å². The third-order valence-corrected chi connectivity index (χ3v) is 13.2. The molecule has 12 heteroatoms. The Kier molecular flexibility index (Phi) is 15.3. The van der Waals surface area contributed by atoms with E-state index >= 15 is 0 Å². The molecule has 4 aromatic rings. The summed E-state index contributed by atoms with van der Waals surface area (Å²) in [6, 6.07) is 18.8. The van der Waals surface area contributed by atoms with Crippen LogP contribution in [0.3, 0.4) is 0 Å². The van der Waals surface area contributed by atoms with E-state index in [1.54, 1.807) is 46.7 Å². The first-order valence-corrected chi connectivity index (χ1v) is 22.3. The zero-order chi connectivity index (χ0) is 39.6. The Morgan fingerprint density at radius 2 is 1.73 bits per heavy atom. The van der Waals surface area contributed by atoms with Crippen molar-refractivity contribution in [2.24, 2.45) is 0 Å². The number of aliphatic hydroxyl groups is 3. The number of hydrogen-bond donors (Lipinski definition) is 7. The predicted molar refractivity (Wildman–Crippen MR) is 226 cm³/mol. The number of nitrogens with one attached hydrogen (secondary N) is 2. The molecule has 0 unspecified atom stereocenters. The smallest absolute Gasteiger partial charge is 0.168 e. The van der Waals surface area contributed by atoms with Gasteiger partial charge in [0, 0.05) is 53.7 Å². The van der Waals surface area contributed by atoms with Gasteiger partial charge in [0.1, 0.15) is 17.8 Å². The van der Waals surface area contributed by atoms with Crippen molar-refractivity contribution in [2.45, 2.75) is 114 Å². The average molecular weight is 805 g/mol. The number of aryl methyl sites for hydroxylation is 1. The Bertz CT molecular complexity index is 1940. The largest absolute Gasteiger partial charge is 0.508 e. The average Bonchev–Trinajstić information content (AvgIpc) is 3.19. The lowest BCUT2D eigenvalue weighted by Gasteiger charge is -2.32. The van der Waals surface area contributed by atoms with Gasteiger partial charge in [-0.05, 0) is 102 Å². The van der Waals surface area contributed by atoms with E-state index in [1.807, 2.05) is 42.5 Å². The molecule has 0 radical (unpaired) electrons. The van der Waals surface area contributed by atoms with Gasteiger partial charge in [0.25, 0.3) is 0 Å². The number of benzene rings is 4. The van der Waals surface area contributed by atoms with Gasteiger partial charge in [-0.3, -0.25) is 10.1 Å². The number of phenols is 2. The Balaban J connectivity index is 1.31. The molecule has 0 saturated heterocycles. The summed E-state index contributed by atoms with van der Waals surface area (Å²) in [7, 11) is 4.73. The van der Waals surface area contributed by atoms with E-state index in [2.05, 4.69) is 10.6 Å². The van der Waals surface area contributed by atoms with Crippen LogP contribution in [0.15, 0.2) is 60.7 Å². The molecule has 7 N–H and O–H groups in total. The van der Waals surface area contributed by atoms with Gasteiger partial charge in [-0.15, -0.1) is 0 Å². The highest BCUT2D eigenvalue weighted by Gasteiger charge is 2.27. The van der Waals surface area contributed by atoms with Crippen molar-refractivity contribution in [3.63, 3.8) is 0 Å². The van der Waals surface area contributed by atoms with Crippen LogP contribution in [-0.2, 0) is 28.3 Å². The van der Waals surface area contributed by atoms with Crippen molar-refractivity contribution in [1.29, 1.82) is 0 Å². The molecule has 10 nitrogen and oxygen atoms in total. The number of Topliss-reactive ketones (excluding diaryl/α,β-unsaturated/α-hetero) is 1. The fraction of sp³-hybridized carbons (Fsp3) is 0.477. The number of carbonyl (C=O) groups is 1. The number of phenolic OH excluding ortho intramolecular Hbond substituents is 2. The number of rotatable bonds is 10. The van der Waals surface area contributed by atoms with Gasteiger partial charge >= 0.3 is 0 Å². The van der Waals surface area contributed by atoms with Gasteiger partial charge in [0.2, 0.25) is 0 Å². The minimum atomic E-state index is -0.625. The van der Waals surface area contributed by atoms with Crippen LogP contribution in [-0.4, -0.2) is 75.1 Å². The van der Waals surface area contributed by atoms with E-state index in [0.717, 1.165) is 64.4 Å². The third-order valence-electron chi connectivity index (χ3n) is 10.8. The van der Waals surface area contributed by atoms with Crippen molar-refractivity contribution < 1.29 is 39.8 Å². The summed E-state index contributed by atoms with van der Waals surface area (Å²) >= 11 is 0. The summed E-state index contributed by atoms with van der Waals surface area (Å²) in [5.74, 6) is 1.55. The summed E-state index contributed by atoms with van der Waals surface area (Å²) in [5, 5.41) is 61.6. The van der Waals surface area contributed by atoms with Crippen LogP contribution in [0.4, 0.5) is 5.69 Å². The summed E-state index contributed by atoms with van der Waals surface area (Å²) in [6.45, 7) is 1.86. The number of ketones is 1. The first-order chi connectivity index (χ1) is 27.1.